The Balaban J connectivity index is 2.44. The van der Waals surface area contributed by atoms with Gasteiger partial charge >= 0.3 is 18.1 Å². The van der Waals surface area contributed by atoms with E-state index in [1.807, 2.05) is 0 Å². The fraction of sp³-hybridized carbons (Fsp3) is 0.375. The summed E-state index contributed by atoms with van der Waals surface area (Å²) < 4.78 is 48.7. The van der Waals surface area contributed by atoms with Gasteiger partial charge in [0.05, 0.1) is 19.3 Å². The van der Waals surface area contributed by atoms with Crippen LogP contribution in [0.1, 0.15) is 48.7 Å². The molecule has 12 heteroatoms. The van der Waals surface area contributed by atoms with Gasteiger partial charge in [0.1, 0.15) is 15.6 Å². The van der Waals surface area contributed by atoms with Crippen LogP contribution < -0.4 is 5.32 Å². The first-order valence-electron chi connectivity index (χ1n) is 7.82. The average Bonchev–Trinajstić information content (AvgIpc) is 3.15. The van der Waals surface area contributed by atoms with Gasteiger partial charge in [0.15, 0.2) is 5.69 Å². The lowest BCUT2D eigenvalue weighted by Crippen LogP contribution is -2.17. The van der Waals surface area contributed by atoms with Crippen LogP contribution in [-0.2, 0) is 22.7 Å². The van der Waals surface area contributed by atoms with E-state index in [1.54, 1.807) is 6.92 Å². The van der Waals surface area contributed by atoms with Crippen molar-refractivity contribution in [1.29, 1.82) is 0 Å². The van der Waals surface area contributed by atoms with Crippen molar-refractivity contribution in [2.75, 3.05) is 19.0 Å². The Labute approximate surface area is 161 Å². The van der Waals surface area contributed by atoms with Crippen molar-refractivity contribution in [2.45, 2.75) is 20.0 Å². The number of nitrogens with zero attached hydrogens (tertiary/aromatic N) is 2. The van der Waals surface area contributed by atoms with Crippen LogP contribution in [0.25, 0.3) is 0 Å². The van der Waals surface area contributed by atoms with Crippen molar-refractivity contribution in [2.24, 2.45) is 7.05 Å². The topological polar surface area (TPSA) is 99.5 Å². The first-order chi connectivity index (χ1) is 13.0. The van der Waals surface area contributed by atoms with Gasteiger partial charge in [-0.15, -0.1) is 11.3 Å². The molecule has 2 heterocycles. The van der Waals surface area contributed by atoms with Gasteiger partial charge in [-0.05, 0) is 19.4 Å². The van der Waals surface area contributed by atoms with Gasteiger partial charge in [-0.25, -0.2) is 9.59 Å². The number of carbonyl (C=O) groups excluding carboxylic acids is 3. The molecule has 28 heavy (non-hydrogen) atoms. The van der Waals surface area contributed by atoms with Crippen molar-refractivity contribution in [3.8, 4) is 0 Å². The highest BCUT2D eigenvalue weighted by molar-refractivity contribution is 7.18. The van der Waals surface area contributed by atoms with Crippen LogP contribution in [0.5, 0.6) is 0 Å². The van der Waals surface area contributed by atoms with Gasteiger partial charge in [-0.1, -0.05) is 0 Å². The van der Waals surface area contributed by atoms with Crippen LogP contribution in [0.15, 0.2) is 6.07 Å². The monoisotopic (exact) mass is 419 g/mol. The summed E-state index contributed by atoms with van der Waals surface area (Å²) in [6, 6.07) is 0.583. The molecule has 0 atom stereocenters. The summed E-state index contributed by atoms with van der Waals surface area (Å²) in [5.41, 5.74) is -1.47. The summed E-state index contributed by atoms with van der Waals surface area (Å²) in [5.74, 6) is -2.46. The number of halogens is 3. The second-order valence-corrected chi connectivity index (χ2v) is 6.48. The summed E-state index contributed by atoms with van der Waals surface area (Å²) in [4.78, 5) is 36.7. The molecule has 0 aliphatic carbocycles. The highest BCUT2D eigenvalue weighted by Crippen LogP contribution is 2.35. The van der Waals surface area contributed by atoms with E-state index in [0.717, 1.165) is 23.1 Å². The van der Waals surface area contributed by atoms with Gasteiger partial charge in [-0.2, -0.15) is 18.3 Å². The van der Waals surface area contributed by atoms with E-state index in [0.29, 0.717) is 6.07 Å². The summed E-state index contributed by atoms with van der Waals surface area (Å²) in [7, 11) is 2.29. The quantitative estimate of drug-likeness (QED) is 0.748. The number of nitrogens with one attached hydrogen (secondary N) is 1. The molecule has 0 spiro atoms. The molecule has 8 nitrogen and oxygen atoms in total. The van der Waals surface area contributed by atoms with Crippen LogP contribution in [-0.4, -0.2) is 41.3 Å². The smallest absolute Gasteiger partial charge is 0.435 e. The van der Waals surface area contributed by atoms with E-state index in [2.05, 4.69) is 15.2 Å². The number of methoxy groups -OCH3 is 1. The molecule has 2 aromatic rings. The first kappa shape index (κ1) is 21.4. The molecule has 0 saturated carbocycles. The maximum absolute atomic E-state index is 12.8. The van der Waals surface area contributed by atoms with Gasteiger partial charge in [0.2, 0.25) is 0 Å². The predicted molar refractivity (Wildman–Crippen MR) is 92.5 cm³/mol. The molecular formula is C16H16F3N3O5S. The minimum atomic E-state index is -4.72. The number of ether oxygens (including phenoxy) is 2. The lowest BCUT2D eigenvalue weighted by atomic mass is 10.1. The molecular weight excluding hydrogens is 403 g/mol. The molecule has 2 rings (SSSR count). The van der Waals surface area contributed by atoms with Crippen molar-refractivity contribution >= 4 is 34.2 Å². The number of anilines is 1. The fourth-order valence-corrected chi connectivity index (χ4v) is 3.41. The van der Waals surface area contributed by atoms with Crippen molar-refractivity contribution < 1.29 is 37.0 Å². The second-order valence-electron chi connectivity index (χ2n) is 5.46. The van der Waals surface area contributed by atoms with Gasteiger partial charge in [-0.3, -0.25) is 9.48 Å². The van der Waals surface area contributed by atoms with Gasteiger partial charge in [0.25, 0.3) is 5.91 Å². The number of carbonyl (C=O) groups is 3. The van der Waals surface area contributed by atoms with Gasteiger partial charge < -0.3 is 14.8 Å². The number of rotatable bonds is 5. The summed E-state index contributed by atoms with van der Waals surface area (Å²) >= 11 is 0.760. The molecule has 0 aromatic carbocycles. The Kier molecular flexibility index (Phi) is 6.12. The maximum atomic E-state index is 12.8. The number of hydrogen-bond acceptors (Lipinski definition) is 7. The lowest BCUT2D eigenvalue weighted by Gasteiger charge is -2.06. The highest BCUT2D eigenvalue weighted by atomic mass is 32.1. The number of amides is 1. The van der Waals surface area contributed by atoms with Crippen LogP contribution in [0.4, 0.5) is 18.2 Å². The molecule has 0 unspecified atom stereocenters. The van der Waals surface area contributed by atoms with Crippen molar-refractivity contribution in [1.82, 2.24) is 9.78 Å². The van der Waals surface area contributed by atoms with Crippen LogP contribution >= 0.6 is 11.3 Å². The normalized spacial score (nSPS) is 11.2. The number of thiophene rings is 1. The summed E-state index contributed by atoms with van der Waals surface area (Å²) in [6.07, 6.45) is -4.72. The summed E-state index contributed by atoms with van der Waals surface area (Å²) in [6.45, 7) is 3.17. The first-order valence-corrected chi connectivity index (χ1v) is 8.64. The van der Waals surface area contributed by atoms with Gasteiger partial charge in [0, 0.05) is 13.1 Å². The van der Waals surface area contributed by atoms with Crippen LogP contribution in [0.3, 0.4) is 0 Å². The molecule has 1 N–H and O–H groups in total. The second kappa shape index (κ2) is 8.00. The Hall–Kier alpha value is -2.89. The molecule has 0 bridgehead atoms. The standard InChI is InChI=1S/C16H16F3N3O5S/c1-5-27-15(25)11-7(2)10(14(24)26-4)13(28-11)20-12(23)8-6-9(16(17,18)19)21-22(8)3/h6H,5H2,1-4H3,(H,20,23). The maximum Gasteiger partial charge on any atom is 0.435 e. The van der Waals surface area contributed by atoms with E-state index in [-0.39, 0.29) is 33.3 Å². The molecule has 2 aromatic heterocycles. The average molecular weight is 419 g/mol. The predicted octanol–water partition coefficient (Wildman–Crippen LogP) is 3.02. The number of aryl methyl sites for hydroxylation is 1. The molecule has 0 aliphatic rings. The van der Waals surface area contributed by atoms with E-state index in [4.69, 9.17) is 4.74 Å². The number of aromatic nitrogens is 2. The third-order valence-corrected chi connectivity index (χ3v) is 4.81. The minimum absolute atomic E-state index is 0.0489. The van der Waals surface area contributed by atoms with Crippen LogP contribution in [0.2, 0.25) is 0 Å². The Morgan fingerprint density at radius 2 is 1.93 bits per heavy atom. The Morgan fingerprint density at radius 1 is 1.29 bits per heavy atom. The molecule has 0 fully saturated rings. The Morgan fingerprint density at radius 3 is 2.43 bits per heavy atom. The molecule has 1 amide bonds. The van der Waals surface area contributed by atoms with E-state index < -0.39 is 29.7 Å². The number of hydrogen-bond donors (Lipinski definition) is 1. The van der Waals surface area contributed by atoms with E-state index in [1.165, 1.54) is 14.0 Å². The number of esters is 2. The van der Waals surface area contributed by atoms with Crippen LogP contribution in [0, 0.1) is 6.92 Å². The zero-order chi connectivity index (χ0) is 21.2. The number of alkyl halides is 3. The summed E-state index contributed by atoms with van der Waals surface area (Å²) in [5, 5.41) is 5.56. The molecule has 0 aliphatic heterocycles. The molecule has 152 valence electrons. The minimum Gasteiger partial charge on any atom is -0.465 e. The fourth-order valence-electron chi connectivity index (χ4n) is 2.33. The molecule has 0 saturated heterocycles. The third kappa shape index (κ3) is 4.16. The van der Waals surface area contributed by atoms with Crippen molar-refractivity contribution in [3.63, 3.8) is 0 Å². The zero-order valence-corrected chi connectivity index (χ0v) is 16.1. The zero-order valence-electron chi connectivity index (χ0n) is 15.3. The SMILES string of the molecule is CCOC(=O)c1sc(NC(=O)c2cc(C(F)(F)F)nn2C)c(C(=O)OC)c1C. The Bertz CT molecular complexity index is 933. The molecule has 0 radical (unpaired) electrons. The largest absolute Gasteiger partial charge is 0.465 e. The third-order valence-electron chi connectivity index (χ3n) is 3.63. The van der Waals surface area contributed by atoms with E-state index in [9.17, 15) is 27.6 Å². The van der Waals surface area contributed by atoms with Crippen molar-refractivity contribution in [3.05, 3.63) is 33.5 Å². The lowest BCUT2D eigenvalue weighted by molar-refractivity contribution is -0.141. The van der Waals surface area contributed by atoms with E-state index >= 15 is 0 Å². The highest BCUT2D eigenvalue weighted by Gasteiger charge is 2.36.